The first-order valence-electron chi connectivity index (χ1n) is 8.70. The second kappa shape index (κ2) is 5.54. The standard InChI is InChI=1S/C17H27N3S/c1-11(2)20(10-12-3-4-12)17-19-16(13-5-6-13)15(21-17)9-18-14-7-8-14/h11-14,18H,3-10H2,1-2H3. The zero-order valence-electron chi connectivity index (χ0n) is 13.3. The van der Waals surface area contributed by atoms with Crippen LogP contribution in [0.2, 0.25) is 0 Å². The average molecular weight is 305 g/mol. The van der Waals surface area contributed by atoms with Gasteiger partial charge in [0.2, 0.25) is 0 Å². The van der Waals surface area contributed by atoms with Crippen LogP contribution in [0.5, 0.6) is 0 Å². The van der Waals surface area contributed by atoms with E-state index < -0.39 is 0 Å². The van der Waals surface area contributed by atoms with Gasteiger partial charge in [0.1, 0.15) is 0 Å². The Morgan fingerprint density at radius 3 is 2.52 bits per heavy atom. The van der Waals surface area contributed by atoms with Crippen LogP contribution in [-0.4, -0.2) is 23.6 Å². The maximum Gasteiger partial charge on any atom is 0.186 e. The number of anilines is 1. The largest absolute Gasteiger partial charge is 0.345 e. The molecule has 0 bridgehead atoms. The van der Waals surface area contributed by atoms with Crippen molar-refractivity contribution < 1.29 is 0 Å². The van der Waals surface area contributed by atoms with E-state index in [-0.39, 0.29) is 0 Å². The highest BCUT2D eigenvalue weighted by Crippen LogP contribution is 2.45. The lowest BCUT2D eigenvalue weighted by Crippen LogP contribution is -2.32. The Kier molecular flexibility index (Phi) is 3.70. The zero-order chi connectivity index (χ0) is 14.4. The predicted molar refractivity (Wildman–Crippen MR) is 89.2 cm³/mol. The molecule has 3 fully saturated rings. The van der Waals surface area contributed by atoms with Gasteiger partial charge in [0.15, 0.2) is 5.13 Å². The van der Waals surface area contributed by atoms with Gasteiger partial charge in [0.25, 0.3) is 0 Å². The molecule has 0 radical (unpaired) electrons. The topological polar surface area (TPSA) is 28.2 Å². The van der Waals surface area contributed by atoms with Gasteiger partial charge in [0.05, 0.1) is 5.69 Å². The van der Waals surface area contributed by atoms with Gasteiger partial charge in [-0.1, -0.05) is 0 Å². The molecular formula is C17H27N3S. The Labute approximate surface area is 132 Å². The second-order valence-electron chi connectivity index (χ2n) is 7.42. The van der Waals surface area contributed by atoms with E-state index in [4.69, 9.17) is 4.98 Å². The number of hydrogen-bond donors (Lipinski definition) is 1. The first-order chi connectivity index (χ1) is 10.2. The molecule has 3 aliphatic rings. The van der Waals surface area contributed by atoms with Crippen molar-refractivity contribution in [3.63, 3.8) is 0 Å². The summed E-state index contributed by atoms with van der Waals surface area (Å²) in [4.78, 5) is 9.14. The molecule has 0 unspecified atom stereocenters. The smallest absolute Gasteiger partial charge is 0.186 e. The molecule has 4 heteroatoms. The van der Waals surface area contributed by atoms with Crippen LogP contribution in [-0.2, 0) is 6.54 Å². The summed E-state index contributed by atoms with van der Waals surface area (Å²) in [5.74, 6) is 1.69. The third-order valence-electron chi connectivity index (χ3n) is 4.83. The van der Waals surface area contributed by atoms with Gasteiger partial charge in [-0.2, -0.15) is 0 Å². The van der Waals surface area contributed by atoms with E-state index in [9.17, 15) is 0 Å². The van der Waals surface area contributed by atoms with Crippen LogP contribution in [0, 0.1) is 5.92 Å². The van der Waals surface area contributed by atoms with Crippen molar-refractivity contribution in [2.45, 2.75) is 76.9 Å². The van der Waals surface area contributed by atoms with Crippen molar-refractivity contribution in [2.75, 3.05) is 11.4 Å². The molecule has 1 aromatic heterocycles. The molecule has 3 saturated carbocycles. The summed E-state index contributed by atoms with van der Waals surface area (Å²) in [5.41, 5.74) is 1.42. The number of nitrogens with one attached hydrogen (secondary N) is 1. The number of aromatic nitrogens is 1. The van der Waals surface area contributed by atoms with Gasteiger partial charge in [-0.3, -0.25) is 0 Å². The maximum absolute atomic E-state index is 5.08. The van der Waals surface area contributed by atoms with Crippen LogP contribution in [0.1, 0.15) is 68.9 Å². The molecule has 3 nitrogen and oxygen atoms in total. The van der Waals surface area contributed by atoms with Crippen molar-refractivity contribution >= 4 is 16.5 Å². The Balaban J connectivity index is 1.53. The molecule has 21 heavy (non-hydrogen) atoms. The molecule has 4 rings (SSSR count). The van der Waals surface area contributed by atoms with Gasteiger partial charge in [-0.15, -0.1) is 11.3 Å². The van der Waals surface area contributed by atoms with E-state index in [1.165, 1.54) is 60.8 Å². The molecule has 0 spiro atoms. The third-order valence-corrected chi connectivity index (χ3v) is 5.94. The Bertz CT molecular complexity index is 498. The van der Waals surface area contributed by atoms with E-state index in [0.29, 0.717) is 6.04 Å². The van der Waals surface area contributed by atoms with Crippen LogP contribution in [0.25, 0.3) is 0 Å². The Hall–Kier alpha value is -0.610. The monoisotopic (exact) mass is 305 g/mol. The SMILES string of the molecule is CC(C)N(CC1CC1)c1nc(C2CC2)c(CNC2CC2)s1. The van der Waals surface area contributed by atoms with E-state index in [2.05, 4.69) is 24.1 Å². The van der Waals surface area contributed by atoms with Crippen LogP contribution in [0.4, 0.5) is 5.13 Å². The Morgan fingerprint density at radius 2 is 1.95 bits per heavy atom. The zero-order valence-corrected chi connectivity index (χ0v) is 14.1. The molecule has 0 aliphatic heterocycles. The van der Waals surface area contributed by atoms with Gasteiger partial charge in [0, 0.05) is 36.0 Å². The van der Waals surface area contributed by atoms with Crippen LogP contribution in [0.3, 0.4) is 0 Å². The minimum atomic E-state index is 0.563. The van der Waals surface area contributed by atoms with Crippen molar-refractivity contribution in [3.05, 3.63) is 10.6 Å². The fraction of sp³-hybridized carbons (Fsp3) is 0.824. The van der Waals surface area contributed by atoms with Gasteiger partial charge < -0.3 is 10.2 Å². The van der Waals surface area contributed by atoms with Gasteiger partial charge in [-0.25, -0.2) is 4.98 Å². The normalized spacial score (nSPS) is 22.0. The Morgan fingerprint density at radius 1 is 1.19 bits per heavy atom. The highest BCUT2D eigenvalue weighted by molar-refractivity contribution is 7.15. The molecule has 0 saturated heterocycles. The maximum atomic E-state index is 5.08. The highest BCUT2D eigenvalue weighted by Gasteiger charge is 2.33. The minimum Gasteiger partial charge on any atom is -0.345 e. The number of nitrogens with zero attached hydrogens (tertiary/aromatic N) is 2. The van der Waals surface area contributed by atoms with Crippen molar-refractivity contribution in [1.82, 2.24) is 10.3 Å². The van der Waals surface area contributed by atoms with Crippen molar-refractivity contribution in [1.29, 1.82) is 0 Å². The third kappa shape index (κ3) is 3.42. The summed E-state index contributed by atoms with van der Waals surface area (Å²) in [6, 6.07) is 1.35. The second-order valence-corrected chi connectivity index (χ2v) is 8.49. The molecule has 1 heterocycles. The molecule has 0 atom stereocenters. The number of rotatable bonds is 8. The molecule has 0 aromatic carbocycles. The molecule has 0 amide bonds. The van der Waals surface area contributed by atoms with E-state index in [1.54, 1.807) is 0 Å². The summed E-state index contributed by atoms with van der Waals surface area (Å²) >= 11 is 1.96. The summed E-state index contributed by atoms with van der Waals surface area (Å²) in [5, 5.41) is 4.97. The summed E-state index contributed by atoms with van der Waals surface area (Å²) in [7, 11) is 0. The summed E-state index contributed by atoms with van der Waals surface area (Å²) in [6.07, 6.45) is 8.27. The first kappa shape index (κ1) is 14.0. The van der Waals surface area contributed by atoms with Crippen LogP contribution in [0.15, 0.2) is 0 Å². The number of thiazole rings is 1. The lowest BCUT2D eigenvalue weighted by Gasteiger charge is -2.26. The summed E-state index contributed by atoms with van der Waals surface area (Å²) < 4.78 is 0. The van der Waals surface area contributed by atoms with E-state index in [0.717, 1.165) is 24.4 Å². The van der Waals surface area contributed by atoms with E-state index >= 15 is 0 Å². The lowest BCUT2D eigenvalue weighted by molar-refractivity contribution is 0.641. The quantitative estimate of drug-likeness (QED) is 0.789. The lowest BCUT2D eigenvalue weighted by atomic mass is 10.2. The average Bonchev–Trinajstić information content (AvgIpc) is 3.33. The highest BCUT2D eigenvalue weighted by atomic mass is 32.1. The van der Waals surface area contributed by atoms with Crippen LogP contribution < -0.4 is 10.2 Å². The molecular weight excluding hydrogens is 278 g/mol. The fourth-order valence-corrected chi connectivity index (χ4v) is 4.13. The molecule has 116 valence electrons. The van der Waals surface area contributed by atoms with Gasteiger partial charge >= 0.3 is 0 Å². The molecule has 3 aliphatic carbocycles. The van der Waals surface area contributed by atoms with Gasteiger partial charge in [-0.05, 0) is 58.3 Å². The van der Waals surface area contributed by atoms with E-state index in [1.807, 2.05) is 11.3 Å². The minimum absolute atomic E-state index is 0.563. The molecule has 1 N–H and O–H groups in total. The van der Waals surface area contributed by atoms with Crippen molar-refractivity contribution in [2.24, 2.45) is 5.92 Å². The van der Waals surface area contributed by atoms with Crippen LogP contribution >= 0.6 is 11.3 Å². The summed E-state index contributed by atoms with van der Waals surface area (Å²) in [6.45, 7) is 6.87. The number of hydrogen-bond acceptors (Lipinski definition) is 4. The molecule has 1 aromatic rings. The first-order valence-corrected chi connectivity index (χ1v) is 9.52. The van der Waals surface area contributed by atoms with Crippen molar-refractivity contribution in [3.8, 4) is 0 Å². The fourth-order valence-electron chi connectivity index (χ4n) is 2.89. The predicted octanol–water partition coefficient (Wildman–Crippen LogP) is 3.90.